The summed E-state index contributed by atoms with van der Waals surface area (Å²) in [6, 6.07) is 16.8. The number of methoxy groups -OCH3 is 1. The maximum Gasteiger partial charge on any atom is 0.224 e. The number of hydrogen-bond donors (Lipinski definition) is 1. The minimum Gasteiger partial charge on any atom is -0.497 e. The summed E-state index contributed by atoms with van der Waals surface area (Å²) in [7, 11) is 3.86. The van der Waals surface area contributed by atoms with E-state index in [-0.39, 0.29) is 5.91 Å². The lowest BCUT2D eigenvalue weighted by atomic mass is 9.85. The van der Waals surface area contributed by atoms with Crippen LogP contribution in [-0.2, 0) is 11.2 Å². The van der Waals surface area contributed by atoms with Crippen molar-refractivity contribution in [2.75, 3.05) is 27.2 Å². The van der Waals surface area contributed by atoms with Gasteiger partial charge < -0.3 is 10.1 Å². The van der Waals surface area contributed by atoms with Crippen LogP contribution in [0.3, 0.4) is 0 Å². The van der Waals surface area contributed by atoms with Crippen molar-refractivity contribution < 1.29 is 9.53 Å². The summed E-state index contributed by atoms with van der Waals surface area (Å²) < 4.78 is 5.28. The molecule has 1 aliphatic rings. The van der Waals surface area contributed by atoms with Crippen LogP contribution in [-0.4, -0.2) is 38.1 Å². The van der Waals surface area contributed by atoms with Crippen LogP contribution in [0.1, 0.15) is 35.6 Å². The maximum absolute atomic E-state index is 12.4. The Balaban J connectivity index is 1.62. The average molecular weight is 367 g/mol. The van der Waals surface area contributed by atoms with E-state index in [1.807, 2.05) is 24.3 Å². The van der Waals surface area contributed by atoms with Gasteiger partial charge in [0.25, 0.3) is 0 Å². The van der Waals surface area contributed by atoms with E-state index in [4.69, 9.17) is 4.74 Å². The standard InChI is InChI=1S/C23H30N2O2/c1-17-6-8-18(9-7-17)15-22(26)24-16-20-5-4-14-25(2)23(20)19-10-12-21(27-3)13-11-19/h6-13,20,23H,4-5,14-16H2,1-3H3,(H,24,26). The average Bonchev–Trinajstić information content (AvgIpc) is 2.68. The van der Waals surface area contributed by atoms with E-state index in [0.29, 0.717) is 24.9 Å². The molecule has 144 valence electrons. The first kappa shape index (κ1) is 19.4. The number of amides is 1. The van der Waals surface area contributed by atoms with E-state index in [0.717, 1.165) is 24.3 Å². The van der Waals surface area contributed by atoms with Gasteiger partial charge in [-0.25, -0.2) is 0 Å². The quantitative estimate of drug-likeness (QED) is 0.847. The molecule has 0 saturated carbocycles. The molecule has 0 aromatic heterocycles. The van der Waals surface area contributed by atoms with Gasteiger partial charge in [0, 0.05) is 12.6 Å². The van der Waals surface area contributed by atoms with Crippen LogP contribution in [0.25, 0.3) is 0 Å². The molecular formula is C23H30N2O2. The van der Waals surface area contributed by atoms with Gasteiger partial charge in [-0.05, 0) is 62.5 Å². The van der Waals surface area contributed by atoms with Gasteiger partial charge in [0.15, 0.2) is 0 Å². The highest BCUT2D eigenvalue weighted by Gasteiger charge is 2.30. The van der Waals surface area contributed by atoms with Crippen molar-refractivity contribution in [3.63, 3.8) is 0 Å². The van der Waals surface area contributed by atoms with Crippen LogP contribution >= 0.6 is 0 Å². The second kappa shape index (κ2) is 9.05. The first-order valence-corrected chi connectivity index (χ1v) is 9.73. The van der Waals surface area contributed by atoms with Crippen molar-refractivity contribution >= 4 is 5.91 Å². The van der Waals surface area contributed by atoms with Crippen LogP contribution in [0.5, 0.6) is 5.75 Å². The molecule has 1 N–H and O–H groups in total. The van der Waals surface area contributed by atoms with Crippen molar-refractivity contribution in [3.8, 4) is 5.75 Å². The summed E-state index contributed by atoms with van der Waals surface area (Å²) in [6.07, 6.45) is 2.74. The molecule has 0 aliphatic carbocycles. The first-order valence-electron chi connectivity index (χ1n) is 9.73. The van der Waals surface area contributed by atoms with Gasteiger partial charge in [0.1, 0.15) is 5.75 Å². The number of nitrogens with one attached hydrogen (secondary N) is 1. The van der Waals surface area contributed by atoms with Crippen LogP contribution in [0.2, 0.25) is 0 Å². The third-order valence-electron chi connectivity index (χ3n) is 5.51. The number of piperidine rings is 1. The highest BCUT2D eigenvalue weighted by Crippen LogP contribution is 2.35. The van der Waals surface area contributed by atoms with E-state index < -0.39 is 0 Å². The number of nitrogens with zero attached hydrogens (tertiary/aromatic N) is 1. The Labute approximate surface area is 162 Å². The summed E-state index contributed by atoms with van der Waals surface area (Å²) >= 11 is 0. The van der Waals surface area contributed by atoms with Crippen molar-refractivity contribution in [3.05, 3.63) is 65.2 Å². The summed E-state index contributed by atoms with van der Waals surface area (Å²) in [6.45, 7) is 3.86. The van der Waals surface area contributed by atoms with Gasteiger partial charge in [0.2, 0.25) is 5.91 Å². The molecule has 4 heteroatoms. The van der Waals surface area contributed by atoms with Crippen molar-refractivity contribution in [2.24, 2.45) is 5.92 Å². The number of carbonyl (C=O) groups is 1. The van der Waals surface area contributed by atoms with Crippen LogP contribution in [0.4, 0.5) is 0 Å². The first-order chi connectivity index (χ1) is 13.1. The molecule has 1 fully saturated rings. The Morgan fingerprint density at radius 1 is 1.15 bits per heavy atom. The largest absolute Gasteiger partial charge is 0.497 e. The minimum absolute atomic E-state index is 0.0977. The van der Waals surface area contributed by atoms with Gasteiger partial charge in [-0.3, -0.25) is 9.69 Å². The SMILES string of the molecule is COc1ccc(C2C(CNC(=O)Cc3ccc(C)cc3)CCCN2C)cc1. The molecule has 2 aromatic carbocycles. The molecule has 0 bridgehead atoms. The second-order valence-electron chi connectivity index (χ2n) is 7.57. The molecule has 3 rings (SSSR count). The summed E-state index contributed by atoms with van der Waals surface area (Å²) in [5, 5.41) is 3.17. The molecule has 2 aromatic rings. The fraction of sp³-hybridized carbons (Fsp3) is 0.435. The lowest BCUT2D eigenvalue weighted by Gasteiger charge is -2.39. The molecule has 1 amide bonds. The third kappa shape index (κ3) is 5.10. The van der Waals surface area contributed by atoms with Gasteiger partial charge in [-0.15, -0.1) is 0 Å². The molecule has 1 heterocycles. The van der Waals surface area contributed by atoms with Crippen LogP contribution in [0, 0.1) is 12.8 Å². The maximum atomic E-state index is 12.4. The van der Waals surface area contributed by atoms with E-state index in [1.165, 1.54) is 17.5 Å². The number of aryl methyl sites for hydroxylation is 1. The summed E-state index contributed by atoms with van der Waals surface area (Å²) in [5.74, 6) is 1.39. The fourth-order valence-electron chi connectivity index (χ4n) is 4.00. The molecule has 2 atom stereocenters. The highest BCUT2D eigenvalue weighted by molar-refractivity contribution is 5.78. The molecule has 4 nitrogen and oxygen atoms in total. The third-order valence-corrected chi connectivity index (χ3v) is 5.51. The predicted molar refractivity (Wildman–Crippen MR) is 109 cm³/mol. The second-order valence-corrected chi connectivity index (χ2v) is 7.57. The number of hydrogen-bond acceptors (Lipinski definition) is 3. The lowest BCUT2D eigenvalue weighted by Crippen LogP contribution is -2.42. The monoisotopic (exact) mass is 366 g/mol. The predicted octanol–water partition coefficient (Wildman–Crippen LogP) is 3.75. The smallest absolute Gasteiger partial charge is 0.224 e. The molecule has 0 radical (unpaired) electrons. The van der Waals surface area contributed by atoms with Gasteiger partial charge >= 0.3 is 0 Å². The number of benzene rings is 2. The van der Waals surface area contributed by atoms with Crippen LogP contribution in [0.15, 0.2) is 48.5 Å². The van der Waals surface area contributed by atoms with Crippen molar-refractivity contribution in [2.45, 2.75) is 32.2 Å². The van der Waals surface area contributed by atoms with Gasteiger partial charge in [0.05, 0.1) is 13.5 Å². The number of ether oxygens (including phenoxy) is 1. The summed E-state index contributed by atoms with van der Waals surface area (Å²) in [4.78, 5) is 14.8. The number of rotatable bonds is 6. The van der Waals surface area contributed by atoms with Crippen LogP contribution < -0.4 is 10.1 Å². The van der Waals surface area contributed by atoms with E-state index in [2.05, 4.69) is 48.5 Å². The Hall–Kier alpha value is -2.33. The Kier molecular flexibility index (Phi) is 6.51. The van der Waals surface area contributed by atoms with Gasteiger partial charge in [-0.1, -0.05) is 42.0 Å². The zero-order valence-corrected chi connectivity index (χ0v) is 16.6. The Bertz CT molecular complexity index is 740. The van der Waals surface area contributed by atoms with Crippen molar-refractivity contribution in [1.29, 1.82) is 0 Å². The normalized spacial score (nSPS) is 20.3. The Morgan fingerprint density at radius 2 is 1.85 bits per heavy atom. The number of carbonyl (C=O) groups excluding carboxylic acids is 1. The molecule has 2 unspecified atom stereocenters. The zero-order valence-electron chi connectivity index (χ0n) is 16.6. The van der Waals surface area contributed by atoms with Crippen molar-refractivity contribution in [1.82, 2.24) is 10.2 Å². The van der Waals surface area contributed by atoms with E-state index >= 15 is 0 Å². The molecule has 27 heavy (non-hydrogen) atoms. The fourth-order valence-corrected chi connectivity index (χ4v) is 4.00. The molecule has 1 aliphatic heterocycles. The van der Waals surface area contributed by atoms with E-state index in [1.54, 1.807) is 7.11 Å². The molecule has 1 saturated heterocycles. The highest BCUT2D eigenvalue weighted by atomic mass is 16.5. The molecular weight excluding hydrogens is 336 g/mol. The molecule has 0 spiro atoms. The van der Waals surface area contributed by atoms with E-state index in [9.17, 15) is 4.79 Å². The lowest BCUT2D eigenvalue weighted by molar-refractivity contribution is -0.120. The zero-order chi connectivity index (χ0) is 19.2. The Morgan fingerprint density at radius 3 is 2.52 bits per heavy atom. The topological polar surface area (TPSA) is 41.6 Å². The summed E-state index contributed by atoms with van der Waals surface area (Å²) in [5.41, 5.74) is 3.56. The van der Waals surface area contributed by atoms with Gasteiger partial charge in [-0.2, -0.15) is 0 Å². The number of likely N-dealkylation sites (tertiary alicyclic amines) is 1. The minimum atomic E-state index is 0.0977.